The minimum atomic E-state index is -0.523. The van der Waals surface area contributed by atoms with E-state index in [1.54, 1.807) is 29.8 Å². The van der Waals surface area contributed by atoms with Gasteiger partial charge in [-0.3, -0.25) is 14.3 Å². The quantitative estimate of drug-likeness (QED) is 0.633. The Morgan fingerprint density at radius 2 is 1.93 bits per heavy atom. The van der Waals surface area contributed by atoms with Crippen molar-refractivity contribution in [3.63, 3.8) is 0 Å². The second-order valence-electron chi connectivity index (χ2n) is 7.79. The lowest BCUT2D eigenvalue weighted by Gasteiger charge is -2.32. The molecule has 3 aromatic rings. The summed E-state index contributed by atoms with van der Waals surface area (Å²) >= 11 is 0. The second-order valence-corrected chi connectivity index (χ2v) is 7.79. The van der Waals surface area contributed by atoms with Crippen LogP contribution in [0.1, 0.15) is 25.2 Å². The van der Waals surface area contributed by atoms with Crippen LogP contribution < -0.4 is 16.1 Å². The van der Waals surface area contributed by atoms with Crippen LogP contribution in [0, 0.1) is 5.82 Å². The largest absolute Gasteiger partial charge is 0.364 e. The highest BCUT2D eigenvalue weighted by Crippen LogP contribution is 2.16. The Labute approximate surface area is 166 Å². The number of hydrogen-bond acceptors (Lipinski definition) is 4. The van der Waals surface area contributed by atoms with Crippen molar-refractivity contribution < 1.29 is 14.0 Å². The average molecular weight is 402 g/mol. The van der Waals surface area contributed by atoms with E-state index in [2.05, 4.69) is 9.97 Å². The first kappa shape index (κ1) is 19.5. The van der Waals surface area contributed by atoms with Crippen LogP contribution in [0.3, 0.4) is 0 Å². The van der Waals surface area contributed by atoms with Gasteiger partial charge in [-0.25, -0.2) is 14.2 Å². The summed E-state index contributed by atoms with van der Waals surface area (Å²) < 4.78 is 23.2. The van der Waals surface area contributed by atoms with Crippen molar-refractivity contribution in [3.8, 4) is 0 Å². The molecule has 2 atom stereocenters. The van der Waals surface area contributed by atoms with Gasteiger partial charge in [-0.05, 0) is 19.9 Å². The Balaban J connectivity index is 1.83. The van der Waals surface area contributed by atoms with E-state index in [-0.39, 0.29) is 30.1 Å². The van der Waals surface area contributed by atoms with Crippen LogP contribution in [0.25, 0.3) is 11.2 Å². The average Bonchev–Trinajstić information content (AvgIpc) is 2.99. The van der Waals surface area contributed by atoms with Crippen molar-refractivity contribution in [2.24, 2.45) is 7.05 Å². The summed E-state index contributed by atoms with van der Waals surface area (Å²) in [4.78, 5) is 32.9. The molecule has 0 radical (unpaired) electrons. The highest BCUT2D eigenvalue weighted by molar-refractivity contribution is 5.71. The molecular formula is C20H25FN5O3+. The lowest BCUT2D eigenvalue weighted by Crippen LogP contribution is -3.14. The first-order valence-electron chi connectivity index (χ1n) is 9.74. The third kappa shape index (κ3) is 3.75. The van der Waals surface area contributed by atoms with Gasteiger partial charge in [-0.2, -0.15) is 0 Å². The summed E-state index contributed by atoms with van der Waals surface area (Å²) in [5, 5.41) is 0. The zero-order valence-electron chi connectivity index (χ0n) is 16.7. The molecule has 2 aromatic heterocycles. The van der Waals surface area contributed by atoms with E-state index in [1.165, 1.54) is 15.5 Å². The number of aromatic amines is 1. The number of fused-ring (bicyclic) bond motifs is 1. The first-order chi connectivity index (χ1) is 13.8. The Morgan fingerprint density at radius 1 is 1.24 bits per heavy atom. The van der Waals surface area contributed by atoms with E-state index in [4.69, 9.17) is 4.74 Å². The molecule has 0 amide bonds. The number of quaternary nitrogens is 1. The van der Waals surface area contributed by atoms with Crippen molar-refractivity contribution in [1.82, 2.24) is 19.1 Å². The van der Waals surface area contributed by atoms with Crippen LogP contribution in [-0.4, -0.2) is 44.4 Å². The summed E-state index contributed by atoms with van der Waals surface area (Å²) in [5.74, 6) is 0.300. The molecule has 29 heavy (non-hydrogen) atoms. The van der Waals surface area contributed by atoms with Crippen LogP contribution >= 0.6 is 0 Å². The predicted molar refractivity (Wildman–Crippen MR) is 106 cm³/mol. The Bertz CT molecular complexity index is 1160. The number of benzene rings is 1. The molecule has 3 heterocycles. The fourth-order valence-electron chi connectivity index (χ4n) is 4.14. The maximum Gasteiger partial charge on any atom is 0.329 e. The highest BCUT2D eigenvalue weighted by atomic mass is 19.1. The van der Waals surface area contributed by atoms with Crippen molar-refractivity contribution in [2.75, 3.05) is 13.1 Å². The maximum absolute atomic E-state index is 14.3. The number of ether oxygens (including phenoxy) is 1. The van der Waals surface area contributed by atoms with Crippen LogP contribution in [-0.2, 0) is 24.9 Å². The predicted octanol–water partition coefficient (Wildman–Crippen LogP) is -0.197. The van der Waals surface area contributed by atoms with Crippen molar-refractivity contribution in [2.45, 2.75) is 39.1 Å². The molecule has 0 unspecified atom stereocenters. The van der Waals surface area contributed by atoms with Gasteiger partial charge in [-0.1, -0.05) is 18.2 Å². The van der Waals surface area contributed by atoms with E-state index in [1.807, 2.05) is 13.8 Å². The minimum absolute atomic E-state index is 0.117. The number of halogens is 1. The monoisotopic (exact) mass is 402 g/mol. The third-order valence-corrected chi connectivity index (χ3v) is 5.40. The van der Waals surface area contributed by atoms with Crippen molar-refractivity contribution in [3.05, 3.63) is 62.3 Å². The molecule has 9 heteroatoms. The normalized spacial score (nSPS) is 22.3. The number of imidazole rings is 1. The SMILES string of the molecule is C[C@@H]1C[NH+](Cc2nc3c(c(=O)[nH]c(=O)n3C)n2Cc2ccccc2F)C[C@@H](C)O1. The molecule has 0 aliphatic carbocycles. The van der Waals surface area contributed by atoms with E-state index < -0.39 is 11.2 Å². The number of nitrogens with one attached hydrogen (secondary N) is 2. The van der Waals surface area contributed by atoms with Gasteiger partial charge in [-0.15, -0.1) is 0 Å². The highest BCUT2D eigenvalue weighted by Gasteiger charge is 2.28. The maximum atomic E-state index is 14.3. The van der Waals surface area contributed by atoms with Crippen LogP contribution in [0.5, 0.6) is 0 Å². The van der Waals surface area contributed by atoms with E-state index >= 15 is 0 Å². The van der Waals surface area contributed by atoms with Gasteiger partial charge >= 0.3 is 5.69 Å². The molecule has 8 nitrogen and oxygen atoms in total. The van der Waals surface area contributed by atoms with E-state index in [9.17, 15) is 14.0 Å². The van der Waals surface area contributed by atoms with Crippen LogP contribution in [0.4, 0.5) is 4.39 Å². The molecule has 0 spiro atoms. The Morgan fingerprint density at radius 3 is 2.62 bits per heavy atom. The lowest BCUT2D eigenvalue weighted by molar-refractivity contribution is -0.929. The Kier molecular flexibility index (Phi) is 5.10. The van der Waals surface area contributed by atoms with E-state index in [0.29, 0.717) is 23.6 Å². The first-order valence-corrected chi connectivity index (χ1v) is 9.74. The fraction of sp³-hybridized carbons (Fsp3) is 0.450. The van der Waals surface area contributed by atoms with Gasteiger partial charge in [0.1, 0.15) is 37.7 Å². The van der Waals surface area contributed by atoms with Gasteiger partial charge in [0, 0.05) is 12.6 Å². The van der Waals surface area contributed by atoms with Crippen molar-refractivity contribution >= 4 is 11.2 Å². The minimum Gasteiger partial charge on any atom is -0.364 e. The fourth-order valence-corrected chi connectivity index (χ4v) is 4.14. The zero-order valence-corrected chi connectivity index (χ0v) is 16.7. The van der Waals surface area contributed by atoms with Crippen LogP contribution in [0.2, 0.25) is 0 Å². The summed E-state index contributed by atoms with van der Waals surface area (Å²) in [6.45, 7) is 6.40. The molecule has 1 fully saturated rings. The molecule has 154 valence electrons. The molecule has 0 bridgehead atoms. The van der Waals surface area contributed by atoms with Gasteiger partial charge < -0.3 is 14.2 Å². The molecular weight excluding hydrogens is 377 g/mol. The number of aromatic nitrogens is 4. The lowest BCUT2D eigenvalue weighted by atomic mass is 10.2. The van der Waals surface area contributed by atoms with E-state index in [0.717, 1.165) is 13.1 Å². The number of H-pyrrole nitrogens is 1. The molecule has 4 rings (SSSR count). The standard InChI is InChI=1S/C20H24FN5O3/c1-12-8-25(9-13(2)29-12)11-16-22-18-17(19(27)23-20(28)24(18)3)26(16)10-14-6-4-5-7-15(14)21/h4-7,12-13H,8-11H2,1-3H3,(H,23,27,28)/p+1/t12-,13-/m1/s1. The molecule has 0 saturated carbocycles. The number of rotatable bonds is 4. The number of aryl methyl sites for hydroxylation is 1. The third-order valence-electron chi connectivity index (χ3n) is 5.40. The van der Waals surface area contributed by atoms with Gasteiger partial charge in [0.25, 0.3) is 5.56 Å². The summed E-state index contributed by atoms with van der Waals surface area (Å²) in [7, 11) is 1.57. The van der Waals surface area contributed by atoms with Crippen molar-refractivity contribution in [1.29, 1.82) is 0 Å². The zero-order chi connectivity index (χ0) is 20.7. The second kappa shape index (κ2) is 7.57. The van der Waals surface area contributed by atoms with Gasteiger partial charge in [0.05, 0.1) is 6.54 Å². The van der Waals surface area contributed by atoms with Crippen LogP contribution in [0.15, 0.2) is 33.9 Å². The molecule has 2 N–H and O–H groups in total. The smallest absolute Gasteiger partial charge is 0.329 e. The summed E-state index contributed by atoms with van der Waals surface area (Å²) in [6.07, 6.45) is 0.233. The molecule has 1 aliphatic heterocycles. The Hall–Kier alpha value is -2.78. The number of nitrogens with zero attached hydrogens (tertiary/aromatic N) is 3. The summed E-state index contributed by atoms with van der Waals surface area (Å²) in [6, 6.07) is 6.47. The molecule has 1 aliphatic rings. The van der Waals surface area contributed by atoms with Gasteiger partial charge in [0.15, 0.2) is 17.0 Å². The number of hydrogen-bond donors (Lipinski definition) is 2. The molecule has 1 aromatic carbocycles. The summed E-state index contributed by atoms with van der Waals surface area (Å²) in [5.41, 5.74) is 0.000398. The number of morpholine rings is 1. The topological polar surface area (TPSA) is 86.4 Å². The van der Waals surface area contributed by atoms with Gasteiger partial charge in [0.2, 0.25) is 0 Å². The molecule has 1 saturated heterocycles.